The van der Waals surface area contributed by atoms with Crippen LogP contribution in [-0.2, 0) is 4.79 Å². The molecule has 1 aliphatic rings. The van der Waals surface area contributed by atoms with Gasteiger partial charge in [0, 0.05) is 22.0 Å². The van der Waals surface area contributed by atoms with Gasteiger partial charge in [0.05, 0.1) is 5.75 Å². The zero-order valence-electron chi connectivity index (χ0n) is 13.5. The molecule has 4 nitrogen and oxygen atoms in total. The molecule has 0 spiro atoms. The number of hydrogen-bond donors (Lipinski definition) is 0. The van der Waals surface area contributed by atoms with Crippen LogP contribution in [0.25, 0.3) is 11.0 Å². The fraction of sp³-hybridized carbons (Fsp3) is 0.158. The summed E-state index contributed by atoms with van der Waals surface area (Å²) in [7, 11) is 0. The van der Waals surface area contributed by atoms with E-state index in [4.69, 9.17) is 4.42 Å². The third kappa shape index (κ3) is 3.07. The van der Waals surface area contributed by atoms with Crippen LogP contribution in [0.4, 0.5) is 5.69 Å². The Labute approximate surface area is 153 Å². The van der Waals surface area contributed by atoms with Crippen molar-refractivity contribution in [1.29, 1.82) is 0 Å². The first-order chi connectivity index (χ1) is 12.2. The number of amides is 1. The van der Waals surface area contributed by atoms with Crippen LogP contribution in [0.15, 0.2) is 68.7 Å². The number of nitrogens with zero attached hydrogens (tertiary/aromatic N) is 1. The molecule has 6 heteroatoms. The predicted octanol–water partition coefficient (Wildman–Crippen LogP) is 4.29. The van der Waals surface area contributed by atoms with E-state index in [9.17, 15) is 9.59 Å². The minimum Gasteiger partial charge on any atom is -0.423 e. The van der Waals surface area contributed by atoms with Gasteiger partial charge in [-0.3, -0.25) is 9.69 Å². The molecule has 3 aromatic rings. The molecule has 0 bridgehead atoms. The molecule has 1 saturated heterocycles. The lowest BCUT2D eigenvalue weighted by Gasteiger charge is -2.24. The summed E-state index contributed by atoms with van der Waals surface area (Å²) in [6.07, 6.45) is 2.04. The minimum atomic E-state index is -0.375. The predicted molar refractivity (Wildman–Crippen MR) is 103 cm³/mol. The Bertz CT molecular complexity index is 997. The van der Waals surface area contributed by atoms with Crippen molar-refractivity contribution in [2.45, 2.75) is 10.3 Å². The number of carbonyl (C=O) groups excluding carboxylic acids is 1. The van der Waals surface area contributed by atoms with Crippen molar-refractivity contribution >= 4 is 46.1 Å². The maximum Gasteiger partial charge on any atom is 0.336 e. The Hall–Kier alpha value is -2.18. The van der Waals surface area contributed by atoms with Gasteiger partial charge in [-0.1, -0.05) is 12.1 Å². The molecule has 1 fully saturated rings. The van der Waals surface area contributed by atoms with Gasteiger partial charge >= 0.3 is 5.63 Å². The Kier molecular flexibility index (Phi) is 4.31. The van der Waals surface area contributed by atoms with Gasteiger partial charge in [0.25, 0.3) is 0 Å². The van der Waals surface area contributed by atoms with Gasteiger partial charge in [-0.2, -0.15) is 0 Å². The lowest BCUT2D eigenvalue weighted by Crippen LogP contribution is -2.27. The van der Waals surface area contributed by atoms with E-state index >= 15 is 0 Å². The van der Waals surface area contributed by atoms with Crippen LogP contribution in [0.5, 0.6) is 0 Å². The second-order valence-corrected chi connectivity index (χ2v) is 7.63. The number of hydrogen-bond acceptors (Lipinski definition) is 5. The summed E-state index contributed by atoms with van der Waals surface area (Å²) >= 11 is 3.32. The van der Waals surface area contributed by atoms with E-state index in [0.717, 1.165) is 16.6 Å². The lowest BCUT2D eigenvalue weighted by atomic mass is 10.1. The first-order valence-electron chi connectivity index (χ1n) is 7.77. The third-order valence-corrected chi connectivity index (χ3v) is 6.11. The molecule has 2 heterocycles. The van der Waals surface area contributed by atoms with Crippen LogP contribution in [0, 0.1) is 0 Å². The van der Waals surface area contributed by atoms with Gasteiger partial charge in [0.15, 0.2) is 0 Å². The van der Waals surface area contributed by atoms with Crippen LogP contribution in [0.3, 0.4) is 0 Å². The van der Waals surface area contributed by atoms with Crippen LogP contribution >= 0.6 is 23.5 Å². The molecule has 126 valence electrons. The van der Waals surface area contributed by atoms with E-state index in [2.05, 4.69) is 24.3 Å². The zero-order valence-corrected chi connectivity index (χ0v) is 15.1. The van der Waals surface area contributed by atoms with Gasteiger partial charge in [0.1, 0.15) is 11.0 Å². The molecule has 25 heavy (non-hydrogen) atoms. The molecule has 0 aliphatic carbocycles. The van der Waals surface area contributed by atoms with Crippen molar-refractivity contribution in [3.05, 3.63) is 70.6 Å². The molecular formula is C19H15NO3S2. The fourth-order valence-corrected chi connectivity index (χ4v) is 4.51. The number of fused-ring (bicyclic) bond motifs is 1. The van der Waals surface area contributed by atoms with E-state index < -0.39 is 0 Å². The van der Waals surface area contributed by atoms with Crippen molar-refractivity contribution in [3.63, 3.8) is 0 Å². The molecular weight excluding hydrogens is 354 g/mol. The quantitative estimate of drug-likeness (QED) is 0.509. The smallest absolute Gasteiger partial charge is 0.336 e. The molecule has 4 rings (SSSR count). The summed E-state index contributed by atoms with van der Waals surface area (Å²) in [5, 5.41) is 0.759. The first kappa shape index (κ1) is 16.3. The third-order valence-electron chi connectivity index (χ3n) is 4.15. The molecule has 0 radical (unpaired) electrons. The molecule has 1 unspecified atom stereocenters. The van der Waals surface area contributed by atoms with Crippen LogP contribution in [-0.4, -0.2) is 17.9 Å². The van der Waals surface area contributed by atoms with Gasteiger partial charge < -0.3 is 4.42 Å². The Balaban J connectivity index is 1.74. The first-order valence-corrected chi connectivity index (χ1v) is 10.0. The van der Waals surface area contributed by atoms with Gasteiger partial charge in [-0.15, -0.1) is 23.5 Å². The highest BCUT2D eigenvalue weighted by Gasteiger charge is 2.34. The van der Waals surface area contributed by atoms with Crippen LogP contribution in [0.2, 0.25) is 0 Å². The van der Waals surface area contributed by atoms with Gasteiger partial charge in [-0.25, -0.2) is 4.79 Å². The second kappa shape index (κ2) is 6.61. The molecule has 1 amide bonds. The number of benzene rings is 2. The second-order valence-electron chi connectivity index (χ2n) is 5.68. The zero-order chi connectivity index (χ0) is 17.4. The minimum absolute atomic E-state index is 0.0448. The lowest BCUT2D eigenvalue weighted by molar-refractivity contribution is -0.115. The summed E-state index contributed by atoms with van der Waals surface area (Å²) in [6, 6.07) is 16.9. The van der Waals surface area contributed by atoms with Crippen LogP contribution < -0.4 is 10.5 Å². The highest BCUT2D eigenvalue weighted by molar-refractivity contribution is 8.00. The topological polar surface area (TPSA) is 50.5 Å². The summed E-state index contributed by atoms with van der Waals surface area (Å²) in [5.41, 5.74) is 2.07. The number of carbonyl (C=O) groups is 1. The average molecular weight is 369 g/mol. The molecule has 0 saturated carbocycles. The number of thioether (sulfide) groups is 2. The van der Waals surface area contributed by atoms with Gasteiger partial charge in [-0.05, 0) is 48.2 Å². The van der Waals surface area contributed by atoms with Gasteiger partial charge in [0.2, 0.25) is 5.91 Å². The monoisotopic (exact) mass is 369 g/mol. The van der Waals surface area contributed by atoms with E-state index in [0.29, 0.717) is 11.3 Å². The van der Waals surface area contributed by atoms with Crippen molar-refractivity contribution in [2.24, 2.45) is 0 Å². The molecule has 1 atom stereocenters. The van der Waals surface area contributed by atoms with Crippen LogP contribution in [0.1, 0.15) is 10.9 Å². The Morgan fingerprint density at radius 2 is 1.88 bits per heavy atom. The average Bonchev–Trinajstić information content (AvgIpc) is 3.03. The SMILES string of the molecule is CSc1ccc(C2SCC(=O)N2c2ccc3oc(=O)ccc3c2)cc1. The fourth-order valence-electron chi connectivity index (χ4n) is 2.93. The van der Waals surface area contributed by atoms with E-state index in [-0.39, 0.29) is 16.9 Å². The Morgan fingerprint density at radius 1 is 1.08 bits per heavy atom. The van der Waals surface area contributed by atoms with Crippen molar-refractivity contribution < 1.29 is 9.21 Å². The summed E-state index contributed by atoms with van der Waals surface area (Å²) in [6.45, 7) is 0. The largest absolute Gasteiger partial charge is 0.423 e. The molecule has 2 aromatic carbocycles. The highest BCUT2D eigenvalue weighted by atomic mass is 32.2. The van der Waals surface area contributed by atoms with Crippen molar-refractivity contribution in [1.82, 2.24) is 0 Å². The standard InChI is InChI=1S/C19H15NO3S2/c1-24-15-6-2-12(3-7-15)19-20(17(21)11-25-19)14-5-8-16-13(10-14)4-9-18(22)23-16/h2-10,19H,11H2,1H3. The Morgan fingerprint density at radius 3 is 2.64 bits per heavy atom. The van der Waals surface area contributed by atoms with E-state index in [1.54, 1.807) is 35.7 Å². The highest BCUT2D eigenvalue weighted by Crippen LogP contribution is 2.42. The molecule has 1 aromatic heterocycles. The van der Waals surface area contributed by atoms with E-state index in [1.807, 2.05) is 23.3 Å². The number of rotatable bonds is 3. The summed E-state index contributed by atoms with van der Waals surface area (Å²) in [5.74, 6) is 0.539. The summed E-state index contributed by atoms with van der Waals surface area (Å²) < 4.78 is 5.18. The van der Waals surface area contributed by atoms with Crippen molar-refractivity contribution in [2.75, 3.05) is 16.9 Å². The van der Waals surface area contributed by atoms with E-state index in [1.165, 1.54) is 11.0 Å². The molecule has 1 aliphatic heterocycles. The maximum atomic E-state index is 12.5. The number of anilines is 1. The molecule has 0 N–H and O–H groups in total. The summed E-state index contributed by atoms with van der Waals surface area (Å²) in [4.78, 5) is 26.9. The normalized spacial score (nSPS) is 17.4. The maximum absolute atomic E-state index is 12.5. The van der Waals surface area contributed by atoms with Crippen molar-refractivity contribution in [3.8, 4) is 0 Å².